The van der Waals surface area contributed by atoms with Crippen LogP contribution in [0.2, 0.25) is 0 Å². The van der Waals surface area contributed by atoms with Gasteiger partial charge in [0.05, 0.1) is 12.5 Å². The Labute approximate surface area is 107 Å². The van der Waals surface area contributed by atoms with Crippen molar-refractivity contribution in [1.82, 2.24) is 10.2 Å². The fourth-order valence-corrected chi connectivity index (χ4v) is 2.22. The second kappa shape index (κ2) is 5.31. The van der Waals surface area contributed by atoms with Gasteiger partial charge in [0.25, 0.3) is 0 Å². The van der Waals surface area contributed by atoms with E-state index in [0.717, 1.165) is 6.42 Å². The maximum absolute atomic E-state index is 11.7. The first kappa shape index (κ1) is 12.8. The summed E-state index contributed by atoms with van der Waals surface area (Å²) in [5, 5.41) is 3.17. The largest absolute Gasteiger partial charge is 0.301 e. The van der Waals surface area contributed by atoms with E-state index < -0.39 is 0 Å². The lowest BCUT2D eigenvalue weighted by molar-refractivity contribution is -0.137. The van der Waals surface area contributed by atoms with Gasteiger partial charge in [0.2, 0.25) is 11.8 Å². The Kier molecular flexibility index (Phi) is 3.77. The summed E-state index contributed by atoms with van der Waals surface area (Å²) in [5.41, 5.74) is 2.46. The molecule has 0 spiro atoms. The molecule has 1 N–H and O–H groups in total. The van der Waals surface area contributed by atoms with Crippen LogP contribution >= 0.6 is 0 Å². The molecule has 4 heteroatoms. The molecule has 1 aromatic carbocycles. The van der Waals surface area contributed by atoms with Gasteiger partial charge < -0.3 is 5.32 Å². The van der Waals surface area contributed by atoms with E-state index in [-0.39, 0.29) is 24.3 Å². The van der Waals surface area contributed by atoms with Gasteiger partial charge in [-0.1, -0.05) is 31.2 Å². The highest BCUT2D eigenvalue weighted by Gasteiger charge is 2.35. The van der Waals surface area contributed by atoms with Crippen LogP contribution in [0, 0.1) is 0 Å². The van der Waals surface area contributed by atoms with E-state index in [1.807, 2.05) is 12.1 Å². The molecule has 0 aromatic heterocycles. The minimum atomic E-state index is -0.368. The predicted molar refractivity (Wildman–Crippen MR) is 68.8 cm³/mol. The second-order valence-electron chi connectivity index (χ2n) is 4.55. The number of likely N-dealkylation sites (tertiary alicyclic amines) is 1. The summed E-state index contributed by atoms with van der Waals surface area (Å²) < 4.78 is 0. The number of hydrogen-bond acceptors (Lipinski definition) is 3. The minimum absolute atomic E-state index is 0.110. The maximum atomic E-state index is 11.7. The molecule has 0 bridgehead atoms. The number of aryl methyl sites for hydroxylation is 1. The highest BCUT2D eigenvalue weighted by Crippen LogP contribution is 2.13. The highest BCUT2D eigenvalue weighted by atomic mass is 16.2. The molecule has 4 nitrogen and oxygen atoms in total. The van der Waals surface area contributed by atoms with Crippen LogP contribution in [0.15, 0.2) is 24.3 Å². The smallest absolute Gasteiger partial charge is 0.246 e. The number of nitrogens with zero attached hydrogens (tertiary/aromatic N) is 1. The minimum Gasteiger partial charge on any atom is -0.301 e. The second-order valence-corrected chi connectivity index (χ2v) is 4.55. The van der Waals surface area contributed by atoms with E-state index in [1.54, 1.807) is 0 Å². The average Bonchev–Trinajstić information content (AvgIpc) is 2.64. The molecule has 0 aliphatic carbocycles. The van der Waals surface area contributed by atoms with Crippen molar-refractivity contribution in [3.8, 4) is 0 Å². The zero-order chi connectivity index (χ0) is 13.1. The van der Waals surface area contributed by atoms with E-state index in [0.29, 0.717) is 6.54 Å². The van der Waals surface area contributed by atoms with Crippen molar-refractivity contribution in [2.75, 3.05) is 7.05 Å². The summed E-state index contributed by atoms with van der Waals surface area (Å²) in [4.78, 5) is 24.3. The van der Waals surface area contributed by atoms with Gasteiger partial charge in [-0.3, -0.25) is 14.5 Å². The van der Waals surface area contributed by atoms with Gasteiger partial charge in [-0.2, -0.15) is 0 Å². The van der Waals surface area contributed by atoms with Gasteiger partial charge in [-0.25, -0.2) is 0 Å². The Morgan fingerprint density at radius 3 is 2.50 bits per heavy atom. The monoisotopic (exact) mass is 246 g/mol. The summed E-state index contributed by atoms with van der Waals surface area (Å²) >= 11 is 0. The van der Waals surface area contributed by atoms with Gasteiger partial charge in [0.1, 0.15) is 0 Å². The molecular weight excluding hydrogens is 228 g/mol. The van der Waals surface area contributed by atoms with E-state index in [1.165, 1.54) is 23.1 Å². The molecule has 1 saturated heterocycles. The molecule has 1 aliphatic heterocycles. The third-order valence-electron chi connectivity index (χ3n) is 3.42. The molecule has 0 radical (unpaired) electrons. The Morgan fingerprint density at radius 2 is 1.94 bits per heavy atom. The first-order valence-corrected chi connectivity index (χ1v) is 6.24. The number of carbonyl (C=O) groups is 2. The normalized spacial score (nSPS) is 19.7. The first-order chi connectivity index (χ1) is 8.63. The lowest BCUT2D eigenvalue weighted by Crippen LogP contribution is -2.36. The Bertz CT molecular complexity index is 471. The molecule has 2 rings (SSSR count). The number of rotatable bonds is 4. The number of carbonyl (C=O) groups excluding carboxylic acids is 2. The van der Waals surface area contributed by atoms with Crippen LogP contribution in [0.4, 0.5) is 0 Å². The third kappa shape index (κ3) is 2.43. The average molecular weight is 246 g/mol. The van der Waals surface area contributed by atoms with Crippen molar-refractivity contribution < 1.29 is 9.59 Å². The lowest BCUT2D eigenvalue weighted by Gasteiger charge is -2.13. The fourth-order valence-electron chi connectivity index (χ4n) is 2.22. The van der Waals surface area contributed by atoms with Crippen LogP contribution in [0.1, 0.15) is 24.5 Å². The van der Waals surface area contributed by atoms with Gasteiger partial charge in [-0.05, 0) is 17.5 Å². The lowest BCUT2D eigenvalue weighted by atomic mass is 10.1. The van der Waals surface area contributed by atoms with Crippen molar-refractivity contribution in [2.24, 2.45) is 0 Å². The van der Waals surface area contributed by atoms with Crippen molar-refractivity contribution in [2.45, 2.75) is 32.4 Å². The summed E-state index contributed by atoms with van der Waals surface area (Å²) in [7, 11) is 1.53. The first-order valence-electron chi connectivity index (χ1n) is 6.24. The van der Waals surface area contributed by atoms with Crippen LogP contribution < -0.4 is 5.32 Å². The SMILES string of the molecule is CCc1ccccc1CNC1CC(=O)N(C)C1=O. The standard InChI is InChI=1S/C14H18N2O2/c1-3-10-6-4-5-7-11(10)9-15-12-8-13(17)16(2)14(12)18/h4-7,12,15H,3,8-9H2,1-2H3. The van der Waals surface area contributed by atoms with Crippen molar-refractivity contribution in [3.63, 3.8) is 0 Å². The zero-order valence-electron chi connectivity index (χ0n) is 10.8. The zero-order valence-corrected chi connectivity index (χ0v) is 10.8. The molecule has 1 heterocycles. The maximum Gasteiger partial charge on any atom is 0.246 e. The molecule has 1 atom stereocenters. The quantitative estimate of drug-likeness (QED) is 0.809. The summed E-state index contributed by atoms with van der Waals surface area (Å²) in [5.74, 6) is -0.241. The van der Waals surface area contributed by atoms with Crippen molar-refractivity contribution in [3.05, 3.63) is 35.4 Å². The third-order valence-corrected chi connectivity index (χ3v) is 3.42. The number of amides is 2. The summed E-state index contributed by atoms with van der Waals surface area (Å²) in [6.07, 6.45) is 1.24. The molecule has 96 valence electrons. The van der Waals surface area contributed by atoms with E-state index >= 15 is 0 Å². The van der Waals surface area contributed by atoms with Gasteiger partial charge in [0, 0.05) is 13.6 Å². The van der Waals surface area contributed by atoms with Gasteiger partial charge in [-0.15, -0.1) is 0 Å². The van der Waals surface area contributed by atoms with E-state index in [2.05, 4.69) is 24.4 Å². The van der Waals surface area contributed by atoms with Gasteiger partial charge >= 0.3 is 0 Å². The molecule has 0 saturated carbocycles. The Balaban J connectivity index is 2.00. The molecule has 18 heavy (non-hydrogen) atoms. The van der Waals surface area contributed by atoms with E-state index in [9.17, 15) is 9.59 Å². The number of benzene rings is 1. The van der Waals surface area contributed by atoms with Crippen molar-refractivity contribution in [1.29, 1.82) is 0 Å². The van der Waals surface area contributed by atoms with Crippen molar-refractivity contribution >= 4 is 11.8 Å². The molecule has 1 aliphatic rings. The van der Waals surface area contributed by atoms with Crippen LogP contribution in [-0.2, 0) is 22.6 Å². The Hall–Kier alpha value is -1.68. The van der Waals surface area contributed by atoms with Gasteiger partial charge in [0.15, 0.2) is 0 Å². The Morgan fingerprint density at radius 1 is 1.28 bits per heavy atom. The predicted octanol–water partition coefficient (Wildman–Crippen LogP) is 1.10. The molecule has 1 unspecified atom stereocenters. The van der Waals surface area contributed by atoms with Crippen LogP contribution in [0.5, 0.6) is 0 Å². The fraction of sp³-hybridized carbons (Fsp3) is 0.429. The summed E-state index contributed by atoms with van der Waals surface area (Å²) in [6, 6.07) is 7.78. The van der Waals surface area contributed by atoms with Crippen LogP contribution in [0.3, 0.4) is 0 Å². The number of likely N-dealkylation sites (N-methyl/N-ethyl adjacent to an activating group) is 1. The number of hydrogen-bond donors (Lipinski definition) is 1. The number of imide groups is 1. The van der Waals surface area contributed by atoms with Crippen LogP contribution in [-0.4, -0.2) is 29.8 Å². The number of nitrogens with one attached hydrogen (secondary N) is 1. The molecule has 1 fully saturated rings. The highest BCUT2D eigenvalue weighted by molar-refractivity contribution is 6.05. The summed E-state index contributed by atoms with van der Waals surface area (Å²) in [6.45, 7) is 2.73. The molecule has 1 aromatic rings. The van der Waals surface area contributed by atoms with Crippen LogP contribution in [0.25, 0.3) is 0 Å². The molecular formula is C14H18N2O2. The van der Waals surface area contributed by atoms with E-state index in [4.69, 9.17) is 0 Å². The topological polar surface area (TPSA) is 49.4 Å². The molecule has 2 amide bonds.